The first-order valence-corrected chi connectivity index (χ1v) is 4.79. The summed E-state index contributed by atoms with van der Waals surface area (Å²) in [4.78, 5) is 1.04. The minimum atomic E-state index is 0.866. The van der Waals surface area contributed by atoms with E-state index in [1.807, 2.05) is 32.0 Å². The van der Waals surface area contributed by atoms with Crippen LogP contribution in [0.3, 0.4) is 0 Å². The maximum absolute atomic E-state index is 4.26. The third kappa shape index (κ3) is 3.55. The van der Waals surface area contributed by atoms with Gasteiger partial charge in [0.2, 0.25) is 0 Å². The molecule has 70 valence electrons. The van der Waals surface area contributed by atoms with Gasteiger partial charge in [-0.3, -0.25) is 0 Å². The number of thiol groups is 1. The lowest BCUT2D eigenvalue weighted by Crippen LogP contribution is -2.10. The van der Waals surface area contributed by atoms with Gasteiger partial charge in [0, 0.05) is 12.2 Å². The summed E-state index contributed by atoms with van der Waals surface area (Å²) in [5.41, 5.74) is 2.42. The molecule has 13 heavy (non-hydrogen) atoms. The van der Waals surface area contributed by atoms with Gasteiger partial charge < -0.3 is 5.32 Å². The third-order valence-electron chi connectivity index (χ3n) is 1.94. The first-order valence-electron chi connectivity index (χ1n) is 4.34. The summed E-state index contributed by atoms with van der Waals surface area (Å²) < 4.78 is 0. The first kappa shape index (κ1) is 10.2. The summed E-state index contributed by atoms with van der Waals surface area (Å²) in [6.45, 7) is 4.88. The molecule has 0 radical (unpaired) electrons. The van der Waals surface area contributed by atoms with E-state index in [1.54, 1.807) is 0 Å². The summed E-state index contributed by atoms with van der Waals surface area (Å²) >= 11 is 4.26. The highest BCUT2D eigenvalue weighted by atomic mass is 32.1. The lowest BCUT2D eigenvalue weighted by Gasteiger charge is -2.07. The smallest absolute Gasteiger partial charge is 0.0397 e. The summed E-state index contributed by atoms with van der Waals surface area (Å²) in [7, 11) is 0. The van der Waals surface area contributed by atoms with Crippen LogP contribution in [-0.2, 0) is 6.54 Å². The maximum Gasteiger partial charge on any atom is 0.0397 e. The van der Waals surface area contributed by atoms with Gasteiger partial charge in [0.05, 0.1) is 0 Å². The SMILES string of the molecule is C/C(S)=C(\C)NCc1ccccc1. The molecule has 0 aliphatic carbocycles. The fourth-order valence-electron chi connectivity index (χ4n) is 0.958. The summed E-state index contributed by atoms with van der Waals surface area (Å²) in [6, 6.07) is 10.3. The fraction of sp³-hybridized carbons (Fsp3) is 0.273. The van der Waals surface area contributed by atoms with Crippen LogP contribution in [0.2, 0.25) is 0 Å². The van der Waals surface area contributed by atoms with Crippen molar-refractivity contribution in [3.63, 3.8) is 0 Å². The average Bonchev–Trinajstić information content (AvgIpc) is 2.15. The second-order valence-corrected chi connectivity index (χ2v) is 3.72. The van der Waals surface area contributed by atoms with Gasteiger partial charge in [-0.15, -0.1) is 12.6 Å². The second-order valence-electron chi connectivity index (χ2n) is 3.05. The molecule has 1 aromatic rings. The fourth-order valence-corrected chi connectivity index (χ4v) is 1.04. The highest BCUT2D eigenvalue weighted by Gasteiger charge is 1.92. The van der Waals surface area contributed by atoms with Crippen LogP contribution in [0.5, 0.6) is 0 Å². The predicted octanol–water partition coefficient (Wildman–Crippen LogP) is 2.96. The van der Waals surface area contributed by atoms with Crippen LogP contribution < -0.4 is 5.32 Å². The summed E-state index contributed by atoms with van der Waals surface area (Å²) in [5, 5.41) is 3.30. The molecule has 0 amide bonds. The highest BCUT2D eigenvalue weighted by Crippen LogP contribution is 2.05. The lowest BCUT2D eigenvalue weighted by molar-refractivity contribution is 0.807. The Bertz CT molecular complexity index is 286. The van der Waals surface area contributed by atoms with Gasteiger partial charge in [0.1, 0.15) is 0 Å². The minimum Gasteiger partial charge on any atom is -0.384 e. The van der Waals surface area contributed by atoms with Crippen molar-refractivity contribution >= 4 is 12.6 Å². The third-order valence-corrected chi connectivity index (χ3v) is 2.28. The predicted molar refractivity (Wildman–Crippen MR) is 60.6 cm³/mol. The number of allylic oxidation sites excluding steroid dienone is 2. The Morgan fingerprint density at radius 2 is 1.85 bits per heavy atom. The normalized spacial score (nSPS) is 12.2. The molecule has 0 aliphatic heterocycles. The van der Waals surface area contributed by atoms with E-state index in [-0.39, 0.29) is 0 Å². The lowest BCUT2D eigenvalue weighted by atomic mass is 10.2. The van der Waals surface area contributed by atoms with Crippen molar-refractivity contribution < 1.29 is 0 Å². The molecule has 0 spiro atoms. The molecule has 1 rings (SSSR count). The quantitative estimate of drug-likeness (QED) is 0.703. The zero-order chi connectivity index (χ0) is 9.68. The molecule has 0 saturated carbocycles. The molecular weight excluding hydrogens is 178 g/mol. The van der Waals surface area contributed by atoms with Crippen LogP contribution in [0.15, 0.2) is 40.9 Å². The Hall–Kier alpha value is -0.890. The molecule has 1 N–H and O–H groups in total. The number of nitrogens with one attached hydrogen (secondary N) is 1. The van der Waals surface area contributed by atoms with Gasteiger partial charge in [-0.1, -0.05) is 30.3 Å². The maximum atomic E-state index is 4.26. The molecule has 0 bridgehead atoms. The minimum absolute atomic E-state index is 0.866. The molecule has 1 nitrogen and oxygen atoms in total. The largest absolute Gasteiger partial charge is 0.384 e. The second kappa shape index (κ2) is 4.97. The van der Waals surface area contributed by atoms with Gasteiger partial charge in [0.25, 0.3) is 0 Å². The molecule has 0 aliphatic rings. The highest BCUT2D eigenvalue weighted by molar-refractivity contribution is 7.84. The molecule has 0 aromatic heterocycles. The van der Waals surface area contributed by atoms with Gasteiger partial charge >= 0.3 is 0 Å². The number of hydrogen-bond acceptors (Lipinski definition) is 2. The molecule has 2 heteroatoms. The van der Waals surface area contributed by atoms with E-state index in [4.69, 9.17) is 0 Å². The van der Waals surface area contributed by atoms with Crippen molar-refractivity contribution in [2.75, 3.05) is 0 Å². The van der Waals surface area contributed by atoms with E-state index in [9.17, 15) is 0 Å². The topological polar surface area (TPSA) is 12.0 Å². The van der Waals surface area contributed by atoms with Crippen LogP contribution in [0.25, 0.3) is 0 Å². The van der Waals surface area contributed by atoms with E-state index in [0.29, 0.717) is 0 Å². The van der Waals surface area contributed by atoms with Crippen molar-refractivity contribution in [2.24, 2.45) is 0 Å². The van der Waals surface area contributed by atoms with E-state index < -0.39 is 0 Å². The zero-order valence-electron chi connectivity index (χ0n) is 8.04. The molecule has 0 heterocycles. The van der Waals surface area contributed by atoms with E-state index in [0.717, 1.165) is 17.1 Å². The molecule has 0 unspecified atom stereocenters. The van der Waals surface area contributed by atoms with E-state index in [2.05, 4.69) is 30.1 Å². The Morgan fingerprint density at radius 1 is 1.23 bits per heavy atom. The number of rotatable bonds is 3. The molecule has 0 saturated heterocycles. The van der Waals surface area contributed by atoms with Gasteiger partial charge in [-0.2, -0.15) is 0 Å². The Labute approximate surface area is 85.3 Å². The first-order chi connectivity index (χ1) is 6.20. The summed E-state index contributed by atoms with van der Waals surface area (Å²) in [5.74, 6) is 0. The van der Waals surface area contributed by atoms with E-state index in [1.165, 1.54) is 5.56 Å². The Balaban J connectivity index is 2.49. The Morgan fingerprint density at radius 3 is 2.38 bits per heavy atom. The Kier molecular flexibility index (Phi) is 3.90. The van der Waals surface area contributed by atoms with Crippen LogP contribution in [-0.4, -0.2) is 0 Å². The number of benzene rings is 1. The monoisotopic (exact) mass is 193 g/mol. The van der Waals surface area contributed by atoms with Crippen molar-refractivity contribution in [1.82, 2.24) is 5.32 Å². The van der Waals surface area contributed by atoms with Crippen molar-refractivity contribution in [2.45, 2.75) is 20.4 Å². The molecule has 0 fully saturated rings. The van der Waals surface area contributed by atoms with E-state index >= 15 is 0 Å². The van der Waals surface area contributed by atoms with Crippen LogP contribution in [0.1, 0.15) is 19.4 Å². The van der Waals surface area contributed by atoms with Crippen molar-refractivity contribution in [3.8, 4) is 0 Å². The van der Waals surface area contributed by atoms with Gasteiger partial charge in [0.15, 0.2) is 0 Å². The molecule has 0 atom stereocenters. The standard InChI is InChI=1S/C11H15NS/c1-9(10(2)13)12-8-11-6-4-3-5-7-11/h3-7,12-13H,8H2,1-2H3/b10-9-. The molecular formula is C11H15NS. The van der Waals surface area contributed by atoms with Crippen LogP contribution in [0.4, 0.5) is 0 Å². The van der Waals surface area contributed by atoms with Gasteiger partial charge in [-0.05, 0) is 24.3 Å². The van der Waals surface area contributed by atoms with Gasteiger partial charge in [-0.25, -0.2) is 0 Å². The van der Waals surface area contributed by atoms with Crippen LogP contribution in [0, 0.1) is 0 Å². The number of hydrogen-bond donors (Lipinski definition) is 2. The summed E-state index contributed by atoms with van der Waals surface area (Å²) in [6.07, 6.45) is 0. The average molecular weight is 193 g/mol. The molecule has 1 aromatic carbocycles. The van der Waals surface area contributed by atoms with Crippen LogP contribution >= 0.6 is 12.6 Å². The van der Waals surface area contributed by atoms with Crippen molar-refractivity contribution in [3.05, 3.63) is 46.5 Å². The van der Waals surface area contributed by atoms with Crippen molar-refractivity contribution in [1.29, 1.82) is 0 Å². The zero-order valence-corrected chi connectivity index (χ0v) is 8.94.